The highest BCUT2D eigenvalue weighted by Gasteiger charge is 2.21. The van der Waals surface area contributed by atoms with Gasteiger partial charge < -0.3 is 4.74 Å². The smallest absolute Gasteiger partial charge is 0.302 e. The van der Waals surface area contributed by atoms with Gasteiger partial charge in [-0.2, -0.15) is 0 Å². The fourth-order valence-corrected chi connectivity index (χ4v) is 1.29. The van der Waals surface area contributed by atoms with Gasteiger partial charge in [0.25, 0.3) is 0 Å². The maximum absolute atomic E-state index is 11.0. The highest BCUT2D eigenvalue weighted by Crippen LogP contribution is 2.13. The molecule has 0 N–H and O–H groups in total. The quantitative estimate of drug-likeness (QED) is 0.604. The number of rotatable bonds is 4. The summed E-state index contributed by atoms with van der Waals surface area (Å²) in [4.78, 5) is 21.6. The molecule has 0 aliphatic carbocycles. The summed E-state index contributed by atoms with van der Waals surface area (Å²) in [6, 6.07) is 0. The first kappa shape index (κ1) is 11.1. The fraction of sp³-hybridized carbons (Fsp3) is 0.778. The van der Waals surface area contributed by atoms with Crippen molar-refractivity contribution in [1.82, 2.24) is 0 Å². The highest BCUT2D eigenvalue weighted by molar-refractivity contribution is 5.79. The average Bonchev–Trinajstić information content (AvgIpc) is 1.85. The molecule has 0 aromatic carbocycles. The third-order valence-corrected chi connectivity index (χ3v) is 1.88. The van der Waals surface area contributed by atoms with E-state index in [-0.39, 0.29) is 23.8 Å². The first-order valence-electron chi connectivity index (χ1n) is 4.16. The van der Waals surface area contributed by atoms with Crippen LogP contribution >= 0.6 is 0 Å². The predicted molar refractivity (Wildman–Crippen MR) is 45.7 cm³/mol. The number of esters is 1. The second kappa shape index (κ2) is 4.91. The molecular formula is C9H16O3. The largest absolute Gasteiger partial charge is 0.462 e. The molecule has 0 amide bonds. The first-order chi connectivity index (χ1) is 5.49. The lowest BCUT2D eigenvalue weighted by Crippen LogP contribution is -2.27. The standard InChI is InChI=1S/C9H16O3/c1-5-9(6(2)10)7(3)12-8(4)11/h7,9H,5H2,1-4H3/t7-,9?/m1/s1. The Morgan fingerprint density at radius 2 is 1.83 bits per heavy atom. The molecule has 0 aliphatic heterocycles. The Balaban J connectivity index is 4.11. The Morgan fingerprint density at radius 3 is 2.08 bits per heavy atom. The zero-order chi connectivity index (χ0) is 9.72. The monoisotopic (exact) mass is 172 g/mol. The first-order valence-corrected chi connectivity index (χ1v) is 4.16. The molecule has 0 aromatic rings. The van der Waals surface area contributed by atoms with E-state index in [0.29, 0.717) is 6.42 Å². The number of hydrogen-bond acceptors (Lipinski definition) is 3. The maximum atomic E-state index is 11.0. The van der Waals surface area contributed by atoms with Gasteiger partial charge in [0.15, 0.2) is 0 Å². The van der Waals surface area contributed by atoms with E-state index in [9.17, 15) is 9.59 Å². The third-order valence-electron chi connectivity index (χ3n) is 1.88. The summed E-state index contributed by atoms with van der Waals surface area (Å²) in [5.74, 6) is -0.414. The number of ketones is 1. The Morgan fingerprint density at radius 1 is 1.33 bits per heavy atom. The van der Waals surface area contributed by atoms with E-state index >= 15 is 0 Å². The van der Waals surface area contributed by atoms with Gasteiger partial charge in [-0.15, -0.1) is 0 Å². The van der Waals surface area contributed by atoms with E-state index in [0.717, 1.165) is 0 Å². The van der Waals surface area contributed by atoms with Crippen LogP contribution in [0.2, 0.25) is 0 Å². The fourth-order valence-electron chi connectivity index (χ4n) is 1.29. The lowest BCUT2D eigenvalue weighted by atomic mass is 9.96. The summed E-state index contributed by atoms with van der Waals surface area (Å²) < 4.78 is 4.90. The van der Waals surface area contributed by atoms with E-state index in [1.165, 1.54) is 13.8 Å². The number of hydrogen-bond donors (Lipinski definition) is 0. The van der Waals surface area contributed by atoms with E-state index in [4.69, 9.17) is 4.74 Å². The van der Waals surface area contributed by atoms with Gasteiger partial charge in [-0.25, -0.2) is 0 Å². The van der Waals surface area contributed by atoms with Gasteiger partial charge in [-0.05, 0) is 20.3 Å². The molecule has 0 rings (SSSR count). The summed E-state index contributed by atoms with van der Waals surface area (Å²) in [5, 5.41) is 0. The number of carbonyl (C=O) groups is 2. The Labute approximate surface area is 73.1 Å². The zero-order valence-corrected chi connectivity index (χ0v) is 8.09. The molecule has 0 bridgehead atoms. The summed E-state index contributed by atoms with van der Waals surface area (Å²) in [5.41, 5.74) is 0. The molecule has 0 heterocycles. The molecular weight excluding hydrogens is 156 g/mol. The summed E-state index contributed by atoms with van der Waals surface area (Å²) in [6.07, 6.45) is 0.411. The van der Waals surface area contributed by atoms with Crippen LogP contribution in [0.5, 0.6) is 0 Å². The van der Waals surface area contributed by atoms with Crippen LogP contribution in [0.25, 0.3) is 0 Å². The molecule has 0 spiro atoms. The Hall–Kier alpha value is -0.860. The molecule has 0 saturated heterocycles. The van der Waals surface area contributed by atoms with Gasteiger partial charge in [0.2, 0.25) is 0 Å². The molecule has 0 radical (unpaired) electrons. The van der Waals surface area contributed by atoms with Gasteiger partial charge in [-0.1, -0.05) is 6.92 Å². The van der Waals surface area contributed by atoms with Crippen molar-refractivity contribution in [1.29, 1.82) is 0 Å². The van der Waals surface area contributed by atoms with Crippen LogP contribution in [-0.2, 0) is 14.3 Å². The van der Waals surface area contributed by atoms with Crippen molar-refractivity contribution >= 4 is 11.8 Å². The minimum Gasteiger partial charge on any atom is -0.462 e. The van der Waals surface area contributed by atoms with Crippen LogP contribution < -0.4 is 0 Å². The summed E-state index contributed by atoms with van der Waals surface area (Å²) in [6.45, 7) is 6.53. The molecule has 70 valence electrons. The van der Waals surface area contributed by atoms with Crippen molar-refractivity contribution < 1.29 is 14.3 Å². The molecule has 0 aromatic heterocycles. The molecule has 1 unspecified atom stereocenters. The van der Waals surface area contributed by atoms with Gasteiger partial charge in [-0.3, -0.25) is 9.59 Å². The molecule has 12 heavy (non-hydrogen) atoms. The van der Waals surface area contributed by atoms with Crippen LogP contribution in [0.15, 0.2) is 0 Å². The van der Waals surface area contributed by atoms with Crippen molar-refractivity contribution in [2.75, 3.05) is 0 Å². The average molecular weight is 172 g/mol. The SMILES string of the molecule is CCC(C(C)=O)[C@@H](C)OC(C)=O. The minimum absolute atomic E-state index is 0.0752. The Kier molecular flexibility index (Phi) is 4.55. The van der Waals surface area contributed by atoms with Gasteiger partial charge in [0, 0.05) is 6.92 Å². The van der Waals surface area contributed by atoms with Gasteiger partial charge in [0.05, 0.1) is 5.92 Å². The molecule has 2 atom stereocenters. The summed E-state index contributed by atoms with van der Waals surface area (Å²) in [7, 11) is 0. The van der Waals surface area contributed by atoms with Crippen LogP contribution in [0.4, 0.5) is 0 Å². The lowest BCUT2D eigenvalue weighted by molar-refractivity contribution is -0.149. The Bertz CT molecular complexity index is 175. The molecule has 3 nitrogen and oxygen atoms in total. The van der Waals surface area contributed by atoms with E-state index in [1.807, 2.05) is 6.92 Å². The van der Waals surface area contributed by atoms with Crippen molar-refractivity contribution in [3.63, 3.8) is 0 Å². The summed E-state index contributed by atoms with van der Waals surface area (Å²) >= 11 is 0. The number of ether oxygens (including phenoxy) is 1. The van der Waals surface area contributed by atoms with Crippen LogP contribution in [0.3, 0.4) is 0 Å². The van der Waals surface area contributed by atoms with Crippen LogP contribution in [0.1, 0.15) is 34.1 Å². The number of carbonyl (C=O) groups excluding carboxylic acids is 2. The van der Waals surface area contributed by atoms with E-state index in [1.54, 1.807) is 6.92 Å². The van der Waals surface area contributed by atoms with E-state index < -0.39 is 0 Å². The second-order valence-corrected chi connectivity index (χ2v) is 2.94. The van der Waals surface area contributed by atoms with Crippen molar-refractivity contribution in [3.05, 3.63) is 0 Å². The minimum atomic E-state index is -0.331. The maximum Gasteiger partial charge on any atom is 0.302 e. The van der Waals surface area contributed by atoms with Gasteiger partial charge in [0.1, 0.15) is 11.9 Å². The molecule has 0 aliphatic rings. The van der Waals surface area contributed by atoms with Gasteiger partial charge >= 0.3 is 5.97 Å². The number of Topliss-reactive ketones (excluding diaryl/α,β-unsaturated/α-hetero) is 1. The normalized spacial score (nSPS) is 15.0. The molecule has 0 fully saturated rings. The van der Waals surface area contributed by atoms with Crippen molar-refractivity contribution in [3.8, 4) is 0 Å². The highest BCUT2D eigenvalue weighted by atomic mass is 16.5. The lowest BCUT2D eigenvalue weighted by Gasteiger charge is -2.19. The topological polar surface area (TPSA) is 43.4 Å². The van der Waals surface area contributed by atoms with Crippen LogP contribution in [-0.4, -0.2) is 17.9 Å². The molecule has 3 heteroatoms. The van der Waals surface area contributed by atoms with Crippen molar-refractivity contribution in [2.45, 2.75) is 40.2 Å². The van der Waals surface area contributed by atoms with Crippen molar-refractivity contribution in [2.24, 2.45) is 5.92 Å². The van der Waals surface area contributed by atoms with Crippen LogP contribution in [0, 0.1) is 5.92 Å². The third kappa shape index (κ3) is 3.51. The molecule has 0 saturated carbocycles. The predicted octanol–water partition coefficient (Wildman–Crippen LogP) is 1.55. The zero-order valence-electron chi connectivity index (χ0n) is 8.09. The second-order valence-electron chi connectivity index (χ2n) is 2.94. The van der Waals surface area contributed by atoms with E-state index in [2.05, 4.69) is 0 Å².